The Bertz CT molecular complexity index is 1320. The summed E-state index contributed by atoms with van der Waals surface area (Å²) in [5, 5.41) is 16.5. The summed E-state index contributed by atoms with van der Waals surface area (Å²) in [4.78, 5) is 40.7. The fourth-order valence-electron chi connectivity index (χ4n) is 4.45. The number of methoxy groups -OCH3 is 2. The van der Waals surface area contributed by atoms with Crippen LogP contribution >= 0.6 is 0 Å². The molecule has 3 aromatic rings. The molecule has 4 rings (SSSR count). The lowest BCUT2D eigenvalue weighted by Gasteiger charge is -2.38. The van der Waals surface area contributed by atoms with E-state index in [0.29, 0.717) is 37.5 Å². The van der Waals surface area contributed by atoms with Crippen LogP contribution in [-0.4, -0.2) is 70.3 Å². The van der Waals surface area contributed by atoms with Gasteiger partial charge in [-0.2, -0.15) is 0 Å². The molecule has 0 radical (unpaired) electrons. The van der Waals surface area contributed by atoms with Crippen LogP contribution in [0.3, 0.4) is 0 Å². The van der Waals surface area contributed by atoms with Crippen molar-refractivity contribution in [3.05, 3.63) is 88.0 Å². The number of nitrogens with one attached hydrogen (secondary N) is 2. The molecule has 2 N–H and O–H groups in total. The van der Waals surface area contributed by atoms with Gasteiger partial charge in [-0.25, -0.2) is 0 Å². The lowest BCUT2D eigenvalue weighted by Crippen LogP contribution is -2.47. The van der Waals surface area contributed by atoms with Crippen LogP contribution in [0.4, 0.5) is 22.7 Å². The van der Waals surface area contributed by atoms with E-state index in [1.54, 1.807) is 26.4 Å². The number of carbonyl (C=O) groups excluding carboxylic acids is 2. The number of non-ortho nitro benzene ring substituents is 1. The molecule has 39 heavy (non-hydrogen) atoms. The number of nitro groups is 1. The number of nitro benzene ring substituents is 1. The van der Waals surface area contributed by atoms with Crippen LogP contribution in [-0.2, 0) is 4.74 Å². The van der Waals surface area contributed by atoms with E-state index >= 15 is 0 Å². The third-order valence-electron chi connectivity index (χ3n) is 6.48. The molecule has 1 fully saturated rings. The number of rotatable bonds is 10. The Morgan fingerprint density at radius 1 is 0.897 bits per heavy atom. The van der Waals surface area contributed by atoms with Gasteiger partial charge in [0, 0.05) is 68.9 Å². The van der Waals surface area contributed by atoms with Crippen LogP contribution in [0.15, 0.2) is 66.7 Å². The van der Waals surface area contributed by atoms with E-state index < -0.39 is 10.8 Å². The fraction of sp³-hybridized carbons (Fsp3) is 0.286. The quantitative estimate of drug-likeness (QED) is 0.230. The van der Waals surface area contributed by atoms with E-state index in [-0.39, 0.29) is 17.2 Å². The first-order valence-electron chi connectivity index (χ1n) is 12.5. The molecule has 1 heterocycles. The lowest BCUT2D eigenvalue weighted by molar-refractivity contribution is -0.384. The second kappa shape index (κ2) is 12.7. The van der Waals surface area contributed by atoms with Gasteiger partial charge in [-0.1, -0.05) is 12.1 Å². The van der Waals surface area contributed by atoms with E-state index in [9.17, 15) is 19.7 Å². The number of hydrogen-bond donors (Lipinski definition) is 2. The van der Waals surface area contributed by atoms with E-state index in [4.69, 9.17) is 9.47 Å². The summed E-state index contributed by atoms with van der Waals surface area (Å²) in [6.45, 7) is 3.56. The van der Waals surface area contributed by atoms with Crippen LogP contribution in [0.5, 0.6) is 5.75 Å². The number of ether oxygens (including phenoxy) is 2. The predicted octanol–water partition coefficient (Wildman–Crippen LogP) is 3.56. The largest absolute Gasteiger partial charge is 0.495 e. The topological polar surface area (TPSA) is 126 Å². The van der Waals surface area contributed by atoms with Crippen molar-refractivity contribution in [1.29, 1.82) is 0 Å². The smallest absolute Gasteiger partial charge is 0.269 e. The highest BCUT2D eigenvalue weighted by atomic mass is 16.6. The average molecular weight is 534 g/mol. The van der Waals surface area contributed by atoms with Gasteiger partial charge < -0.3 is 29.9 Å². The maximum Gasteiger partial charge on any atom is 0.269 e. The molecule has 11 heteroatoms. The summed E-state index contributed by atoms with van der Waals surface area (Å²) in [5.74, 6) is 0.103. The highest BCUT2D eigenvalue weighted by Gasteiger charge is 2.24. The molecule has 0 spiro atoms. The van der Waals surface area contributed by atoms with Gasteiger partial charge in [-0.05, 0) is 42.5 Å². The number of anilines is 3. The fourth-order valence-corrected chi connectivity index (χ4v) is 4.45. The first-order valence-corrected chi connectivity index (χ1v) is 12.5. The van der Waals surface area contributed by atoms with E-state index in [1.165, 1.54) is 24.3 Å². The molecule has 1 aliphatic rings. The van der Waals surface area contributed by atoms with Crippen molar-refractivity contribution < 1.29 is 24.0 Å². The maximum absolute atomic E-state index is 13.2. The van der Waals surface area contributed by atoms with Gasteiger partial charge in [0.05, 0.1) is 29.9 Å². The Hall–Kier alpha value is -4.64. The van der Waals surface area contributed by atoms with Crippen molar-refractivity contribution in [2.45, 2.75) is 0 Å². The minimum absolute atomic E-state index is 0.100. The second-order valence-electron chi connectivity index (χ2n) is 8.88. The second-order valence-corrected chi connectivity index (χ2v) is 8.88. The standard InChI is InChI=1S/C28H31N5O6/c1-38-18-13-29-28(35)23-19-21(30-27(34)20-7-10-22(11-8-20)33(36)37)9-12-24(23)31-14-16-32(17-15-31)25-5-3-4-6-26(25)39-2/h3-12,19H,13-18H2,1-2H3,(H,29,35)(H,30,34). The maximum atomic E-state index is 13.2. The highest BCUT2D eigenvalue weighted by molar-refractivity contribution is 6.06. The molecule has 0 aromatic heterocycles. The zero-order valence-corrected chi connectivity index (χ0v) is 21.9. The summed E-state index contributed by atoms with van der Waals surface area (Å²) in [5.41, 5.74) is 2.82. The summed E-state index contributed by atoms with van der Waals surface area (Å²) < 4.78 is 10.6. The molecular weight excluding hydrogens is 502 g/mol. The third kappa shape index (κ3) is 6.63. The molecule has 0 atom stereocenters. The van der Waals surface area contributed by atoms with Gasteiger partial charge in [-0.3, -0.25) is 19.7 Å². The third-order valence-corrected chi connectivity index (χ3v) is 6.48. The van der Waals surface area contributed by atoms with Crippen LogP contribution in [0.25, 0.3) is 0 Å². The first-order chi connectivity index (χ1) is 18.9. The van der Waals surface area contributed by atoms with Crippen LogP contribution in [0.2, 0.25) is 0 Å². The van der Waals surface area contributed by atoms with Crippen molar-refractivity contribution in [1.82, 2.24) is 5.32 Å². The van der Waals surface area contributed by atoms with Crippen LogP contribution < -0.4 is 25.2 Å². The SMILES string of the molecule is COCCNC(=O)c1cc(NC(=O)c2ccc([N+](=O)[O-])cc2)ccc1N1CCN(c2ccccc2OC)CC1. The molecule has 0 bridgehead atoms. The number of piperazine rings is 1. The van der Waals surface area contributed by atoms with Crippen LogP contribution in [0.1, 0.15) is 20.7 Å². The van der Waals surface area contributed by atoms with Gasteiger partial charge >= 0.3 is 0 Å². The summed E-state index contributed by atoms with van der Waals surface area (Å²) in [6.07, 6.45) is 0. The van der Waals surface area contributed by atoms with Crippen molar-refractivity contribution >= 4 is 34.6 Å². The Balaban J connectivity index is 1.52. The van der Waals surface area contributed by atoms with Gasteiger partial charge in [0.15, 0.2) is 0 Å². The minimum atomic E-state index is -0.523. The Labute approximate surface area is 226 Å². The molecule has 2 amide bonds. The normalized spacial score (nSPS) is 13.1. The minimum Gasteiger partial charge on any atom is -0.495 e. The number of benzene rings is 3. The van der Waals surface area contributed by atoms with E-state index in [2.05, 4.69) is 20.4 Å². The molecule has 1 aliphatic heterocycles. The van der Waals surface area contributed by atoms with Crippen molar-refractivity contribution in [2.24, 2.45) is 0 Å². The van der Waals surface area contributed by atoms with E-state index in [0.717, 1.165) is 30.2 Å². The molecule has 0 saturated carbocycles. The predicted molar refractivity (Wildman–Crippen MR) is 149 cm³/mol. The summed E-state index contributed by atoms with van der Waals surface area (Å²) >= 11 is 0. The highest BCUT2D eigenvalue weighted by Crippen LogP contribution is 2.31. The first kappa shape index (κ1) is 27.4. The lowest BCUT2D eigenvalue weighted by atomic mass is 10.1. The van der Waals surface area contributed by atoms with Gasteiger partial charge in [0.2, 0.25) is 0 Å². The number of carbonyl (C=O) groups is 2. The molecule has 3 aromatic carbocycles. The molecule has 0 unspecified atom stereocenters. The number of nitrogens with zero attached hydrogens (tertiary/aromatic N) is 3. The zero-order chi connectivity index (χ0) is 27.8. The Morgan fingerprint density at radius 2 is 1.56 bits per heavy atom. The molecule has 11 nitrogen and oxygen atoms in total. The molecule has 0 aliphatic carbocycles. The molecular formula is C28H31N5O6. The number of amides is 2. The number of hydrogen-bond acceptors (Lipinski definition) is 8. The summed E-state index contributed by atoms with van der Waals surface area (Å²) in [7, 11) is 3.22. The summed E-state index contributed by atoms with van der Waals surface area (Å²) in [6, 6.07) is 18.4. The molecule has 204 valence electrons. The Morgan fingerprint density at radius 3 is 2.21 bits per heavy atom. The van der Waals surface area contributed by atoms with E-state index in [1.807, 2.05) is 30.3 Å². The van der Waals surface area contributed by atoms with Crippen molar-refractivity contribution in [3.63, 3.8) is 0 Å². The van der Waals surface area contributed by atoms with Crippen LogP contribution in [0, 0.1) is 10.1 Å². The van der Waals surface area contributed by atoms with Gasteiger partial charge in [0.25, 0.3) is 17.5 Å². The monoisotopic (exact) mass is 533 g/mol. The van der Waals surface area contributed by atoms with Gasteiger partial charge in [-0.15, -0.1) is 0 Å². The average Bonchev–Trinajstić information content (AvgIpc) is 2.97. The molecule has 1 saturated heterocycles. The van der Waals surface area contributed by atoms with Crippen molar-refractivity contribution in [2.75, 3.05) is 68.7 Å². The van der Waals surface area contributed by atoms with Crippen molar-refractivity contribution in [3.8, 4) is 5.75 Å². The Kier molecular flexibility index (Phi) is 8.95. The number of para-hydroxylation sites is 2. The van der Waals surface area contributed by atoms with Gasteiger partial charge in [0.1, 0.15) is 5.75 Å². The zero-order valence-electron chi connectivity index (χ0n) is 21.9.